The Morgan fingerprint density at radius 3 is 2.65 bits per heavy atom. The van der Waals surface area contributed by atoms with E-state index in [2.05, 4.69) is 22.5 Å². The van der Waals surface area contributed by atoms with Gasteiger partial charge >= 0.3 is 0 Å². The lowest BCUT2D eigenvalue weighted by molar-refractivity contribution is -0.128. The van der Waals surface area contributed by atoms with Crippen molar-refractivity contribution in [1.29, 1.82) is 0 Å². The summed E-state index contributed by atoms with van der Waals surface area (Å²) >= 11 is 0. The van der Waals surface area contributed by atoms with Gasteiger partial charge in [0.25, 0.3) is 0 Å². The number of carbonyl (C=O) groups excluding carboxylic acids is 1. The highest BCUT2D eigenvalue weighted by Gasteiger charge is 2.31. The summed E-state index contributed by atoms with van der Waals surface area (Å²) in [4.78, 5) is 15.1. The van der Waals surface area contributed by atoms with Gasteiger partial charge in [-0.15, -0.1) is 12.4 Å². The third kappa shape index (κ3) is 5.66. The van der Waals surface area contributed by atoms with Gasteiger partial charge in [-0.05, 0) is 68.4 Å². The molecule has 1 amide bonds. The van der Waals surface area contributed by atoms with Gasteiger partial charge in [-0.1, -0.05) is 25.5 Å². The molecule has 0 aromatic heterocycles. The molecule has 0 spiro atoms. The average Bonchev–Trinajstić information content (AvgIpc) is 2.63. The van der Waals surface area contributed by atoms with Crippen molar-refractivity contribution in [3.63, 3.8) is 0 Å². The smallest absolute Gasteiger partial charge is 0.237 e. The van der Waals surface area contributed by atoms with Crippen LogP contribution in [0.15, 0.2) is 24.3 Å². The molecule has 0 saturated carbocycles. The molecular formula is C20H31ClFN3O. The molecule has 2 N–H and O–H groups in total. The molecule has 0 bridgehead atoms. The normalized spacial score (nSPS) is 23.1. The van der Waals surface area contributed by atoms with E-state index in [4.69, 9.17) is 0 Å². The fraction of sp³-hybridized carbons (Fsp3) is 0.650. The van der Waals surface area contributed by atoms with Crippen LogP contribution in [-0.4, -0.2) is 43.0 Å². The fourth-order valence-corrected chi connectivity index (χ4v) is 3.93. The number of amides is 1. The van der Waals surface area contributed by atoms with Crippen molar-refractivity contribution in [3.05, 3.63) is 35.6 Å². The van der Waals surface area contributed by atoms with Gasteiger partial charge in [0.2, 0.25) is 5.91 Å². The van der Waals surface area contributed by atoms with Crippen LogP contribution in [0.4, 0.5) is 4.39 Å². The molecule has 0 aliphatic carbocycles. The third-order valence-electron chi connectivity index (χ3n) is 5.72. The van der Waals surface area contributed by atoms with Crippen LogP contribution in [0.5, 0.6) is 0 Å². The lowest BCUT2D eigenvalue weighted by atomic mass is 9.81. The highest BCUT2D eigenvalue weighted by atomic mass is 35.5. The van der Waals surface area contributed by atoms with E-state index in [1.54, 1.807) is 0 Å². The van der Waals surface area contributed by atoms with Gasteiger partial charge in [-0.25, -0.2) is 4.39 Å². The first-order chi connectivity index (χ1) is 12.1. The van der Waals surface area contributed by atoms with Crippen LogP contribution >= 0.6 is 12.4 Å². The van der Waals surface area contributed by atoms with E-state index in [0.717, 1.165) is 63.8 Å². The molecule has 146 valence electrons. The summed E-state index contributed by atoms with van der Waals surface area (Å²) in [6.07, 6.45) is 5.34. The number of benzene rings is 1. The zero-order chi connectivity index (χ0) is 17.7. The van der Waals surface area contributed by atoms with E-state index < -0.39 is 0 Å². The highest BCUT2D eigenvalue weighted by molar-refractivity contribution is 5.85. The van der Waals surface area contributed by atoms with E-state index in [-0.39, 0.29) is 35.6 Å². The predicted octanol–water partition coefficient (Wildman–Crippen LogP) is 3.11. The first-order valence-electron chi connectivity index (χ1n) is 9.53. The van der Waals surface area contributed by atoms with Crippen molar-refractivity contribution >= 4 is 18.3 Å². The van der Waals surface area contributed by atoms with Crippen molar-refractivity contribution < 1.29 is 9.18 Å². The van der Waals surface area contributed by atoms with Crippen LogP contribution < -0.4 is 10.6 Å². The Morgan fingerprint density at radius 1 is 1.27 bits per heavy atom. The minimum atomic E-state index is -0.216. The summed E-state index contributed by atoms with van der Waals surface area (Å²) in [6.45, 7) is 6.73. The first kappa shape index (κ1) is 21.1. The number of nitrogens with one attached hydrogen (secondary N) is 2. The van der Waals surface area contributed by atoms with Crippen molar-refractivity contribution in [2.24, 2.45) is 5.41 Å². The van der Waals surface area contributed by atoms with Gasteiger partial charge < -0.3 is 10.6 Å². The molecule has 2 fully saturated rings. The van der Waals surface area contributed by atoms with Gasteiger partial charge in [-0.2, -0.15) is 0 Å². The van der Waals surface area contributed by atoms with E-state index in [1.165, 1.54) is 12.1 Å². The molecule has 1 atom stereocenters. The second kappa shape index (κ2) is 9.67. The SMILES string of the molecule is CC1(CNC(=O)C2CCCCN2Cc2ccc(F)cc2)CCNCC1.Cl. The summed E-state index contributed by atoms with van der Waals surface area (Å²) in [5.74, 6) is -0.0616. The first-order valence-corrected chi connectivity index (χ1v) is 9.53. The van der Waals surface area contributed by atoms with Crippen molar-refractivity contribution in [3.8, 4) is 0 Å². The summed E-state index contributed by atoms with van der Waals surface area (Å²) in [5, 5.41) is 6.60. The number of hydrogen-bond acceptors (Lipinski definition) is 3. The molecule has 6 heteroatoms. The maximum atomic E-state index is 13.1. The molecule has 1 aromatic carbocycles. The highest BCUT2D eigenvalue weighted by Crippen LogP contribution is 2.27. The second-order valence-electron chi connectivity index (χ2n) is 7.89. The predicted molar refractivity (Wildman–Crippen MR) is 105 cm³/mol. The van der Waals surface area contributed by atoms with Crippen molar-refractivity contribution in [1.82, 2.24) is 15.5 Å². The Morgan fingerprint density at radius 2 is 1.96 bits per heavy atom. The van der Waals surface area contributed by atoms with Crippen molar-refractivity contribution in [2.75, 3.05) is 26.2 Å². The molecule has 26 heavy (non-hydrogen) atoms. The number of carbonyl (C=O) groups is 1. The zero-order valence-electron chi connectivity index (χ0n) is 15.6. The van der Waals surface area contributed by atoms with Gasteiger partial charge in [0, 0.05) is 13.1 Å². The molecule has 0 radical (unpaired) electrons. The molecule has 3 rings (SSSR count). The largest absolute Gasteiger partial charge is 0.354 e. The van der Waals surface area contributed by atoms with Gasteiger partial charge in [0.1, 0.15) is 5.82 Å². The third-order valence-corrected chi connectivity index (χ3v) is 5.72. The van der Waals surface area contributed by atoms with E-state index in [9.17, 15) is 9.18 Å². The Hall–Kier alpha value is -1.17. The Bertz CT molecular complexity index is 575. The molecule has 2 saturated heterocycles. The monoisotopic (exact) mass is 383 g/mol. The maximum absolute atomic E-state index is 13.1. The molecule has 4 nitrogen and oxygen atoms in total. The summed E-state index contributed by atoms with van der Waals surface area (Å²) in [6, 6.07) is 6.55. The van der Waals surface area contributed by atoms with Crippen LogP contribution in [0.3, 0.4) is 0 Å². The quantitative estimate of drug-likeness (QED) is 0.821. The van der Waals surface area contributed by atoms with Crippen LogP contribution in [0.2, 0.25) is 0 Å². The van der Waals surface area contributed by atoms with E-state index in [1.807, 2.05) is 12.1 Å². The van der Waals surface area contributed by atoms with E-state index >= 15 is 0 Å². The average molecular weight is 384 g/mol. The molecule has 2 aliphatic heterocycles. The molecule has 1 unspecified atom stereocenters. The standard InChI is InChI=1S/C20H30FN3O.ClH/c1-20(9-11-22-12-10-20)15-23-19(25)18-4-2-3-13-24(18)14-16-5-7-17(21)8-6-16;/h5-8,18,22H,2-4,9-15H2,1H3,(H,23,25);1H. The van der Waals surface area contributed by atoms with Crippen LogP contribution in [-0.2, 0) is 11.3 Å². The Kier molecular flexibility index (Phi) is 7.86. The molecular weight excluding hydrogens is 353 g/mol. The molecule has 2 aliphatic rings. The zero-order valence-corrected chi connectivity index (χ0v) is 16.4. The number of halogens is 2. The number of rotatable bonds is 5. The van der Waals surface area contributed by atoms with Gasteiger partial charge in [-0.3, -0.25) is 9.69 Å². The number of hydrogen-bond donors (Lipinski definition) is 2. The summed E-state index contributed by atoms with van der Waals surface area (Å²) < 4.78 is 13.1. The summed E-state index contributed by atoms with van der Waals surface area (Å²) in [5.41, 5.74) is 1.27. The van der Waals surface area contributed by atoms with Crippen LogP contribution in [0.1, 0.15) is 44.6 Å². The van der Waals surface area contributed by atoms with Crippen LogP contribution in [0, 0.1) is 11.2 Å². The van der Waals surface area contributed by atoms with Gasteiger partial charge in [0.15, 0.2) is 0 Å². The number of piperidine rings is 2. The Balaban J connectivity index is 0.00000243. The van der Waals surface area contributed by atoms with Crippen LogP contribution in [0.25, 0.3) is 0 Å². The molecule has 1 aromatic rings. The van der Waals surface area contributed by atoms with E-state index in [0.29, 0.717) is 6.54 Å². The second-order valence-corrected chi connectivity index (χ2v) is 7.89. The topological polar surface area (TPSA) is 44.4 Å². The number of likely N-dealkylation sites (tertiary alicyclic amines) is 1. The lowest BCUT2D eigenvalue weighted by Gasteiger charge is -2.37. The lowest BCUT2D eigenvalue weighted by Crippen LogP contribution is -2.51. The minimum absolute atomic E-state index is 0. The Labute approximate surface area is 162 Å². The maximum Gasteiger partial charge on any atom is 0.237 e. The van der Waals surface area contributed by atoms with Gasteiger partial charge in [0.05, 0.1) is 6.04 Å². The summed E-state index contributed by atoms with van der Waals surface area (Å²) in [7, 11) is 0. The fourth-order valence-electron chi connectivity index (χ4n) is 3.93. The van der Waals surface area contributed by atoms with Crippen molar-refractivity contribution in [2.45, 2.75) is 51.6 Å². The number of nitrogens with zero attached hydrogens (tertiary/aromatic N) is 1. The molecule has 2 heterocycles. The minimum Gasteiger partial charge on any atom is -0.354 e.